The number of benzene rings is 1. The zero-order chi connectivity index (χ0) is 20.4. The van der Waals surface area contributed by atoms with Crippen molar-refractivity contribution in [2.75, 3.05) is 27.7 Å². The summed E-state index contributed by atoms with van der Waals surface area (Å²) >= 11 is 0. The second-order valence-electron chi connectivity index (χ2n) is 7.09. The van der Waals surface area contributed by atoms with Gasteiger partial charge in [-0.05, 0) is 45.6 Å². The zero-order valence-electron chi connectivity index (χ0n) is 16.7. The number of fused-ring (bicyclic) bond motifs is 1. The molecule has 8 heteroatoms. The number of methoxy groups -OCH3 is 1. The summed E-state index contributed by atoms with van der Waals surface area (Å²) in [5.41, 5.74) is 8.77. The van der Waals surface area contributed by atoms with Gasteiger partial charge in [-0.1, -0.05) is 6.07 Å². The molecule has 0 radical (unpaired) electrons. The van der Waals surface area contributed by atoms with Gasteiger partial charge in [-0.2, -0.15) is 5.26 Å². The lowest BCUT2D eigenvalue weighted by Gasteiger charge is -2.25. The molecule has 0 amide bonds. The minimum Gasteiger partial charge on any atom is -0.493 e. The van der Waals surface area contributed by atoms with Crippen LogP contribution < -0.4 is 19.9 Å². The molecule has 1 aliphatic heterocycles. The first-order valence-corrected chi connectivity index (χ1v) is 8.97. The SMILES string of the molecule is COc1cc(C2C(C#N)=C(N)Oc3n[nH]c(C)c32)ccc1OC(C)CN(C)C. The van der Waals surface area contributed by atoms with Crippen LogP contribution in [-0.2, 0) is 0 Å². The molecular formula is C20H25N5O3. The highest BCUT2D eigenvalue weighted by Gasteiger charge is 2.34. The number of aryl methyl sites for hydroxylation is 1. The van der Waals surface area contributed by atoms with Gasteiger partial charge in [-0.25, -0.2) is 0 Å². The van der Waals surface area contributed by atoms with Crippen molar-refractivity contribution >= 4 is 0 Å². The molecule has 1 aromatic carbocycles. The highest BCUT2D eigenvalue weighted by Crippen LogP contribution is 2.44. The van der Waals surface area contributed by atoms with E-state index in [1.165, 1.54) is 0 Å². The van der Waals surface area contributed by atoms with Crippen molar-refractivity contribution in [3.63, 3.8) is 0 Å². The number of hydrogen-bond donors (Lipinski definition) is 2. The van der Waals surface area contributed by atoms with Crippen molar-refractivity contribution in [3.05, 3.63) is 46.5 Å². The Hall–Kier alpha value is -3.18. The number of nitriles is 1. The van der Waals surface area contributed by atoms with Gasteiger partial charge in [-0.3, -0.25) is 5.10 Å². The Morgan fingerprint density at radius 2 is 2.14 bits per heavy atom. The predicted octanol–water partition coefficient (Wildman–Crippen LogP) is 2.27. The third-order valence-electron chi connectivity index (χ3n) is 4.60. The van der Waals surface area contributed by atoms with Crippen LogP contribution in [0.15, 0.2) is 29.7 Å². The second-order valence-corrected chi connectivity index (χ2v) is 7.09. The van der Waals surface area contributed by atoms with Crippen LogP contribution in [0.3, 0.4) is 0 Å². The fourth-order valence-electron chi connectivity index (χ4n) is 3.46. The molecule has 8 nitrogen and oxygen atoms in total. The highest BCUT2D eigenvalue weighted by molar-refractivity contribution is 5.57. The van der Waals surface area contributed by atoms with Crippen LogP contribution in [0.4, 0.5) is 0 Å². The lowest BCUT2D eigenvalue weighted by atomic mass is 9.84. The third kappa shape index (κ3) is 3.62. The van der Waals surface area contributed by atoms with E-state index in [9.17, 15) is 5.26 Å². The minimum atomic E-state index is -0.394. The van der Waals surface area contributed by atoms with Crippen molar-refractivity contribution in [2.45, 2.75) is 25.9 Å². The number of likely N-dealkylation sites (N-methyl/N-ethyl adjacent to an activating group) is 1. The monoisotopic (exact) mass is 383 g/mol. The molecule has 0 fully saturated rings. The number of allylic oxidation sites excluding steroid dienone is 1. The number of ether oxygens (including phenoxy) is 3. The largest absolute Gasteiger partial charge is 0.493 e. The Labute approximate surface area is 164 Å². The lowest BCUT2D eigenvalue weighted by Crippen LogP contribution is -2.28. The van der Waals surface area contributed by atoms with Crippen molar-refractivity contribution in [1.29, 1.82) is 5.26 Å². The van der Waals surface area contributed by atoms with E-state index in [0.717, 1.165) is 23.4 Å². The van der Waals surface area contributed by atoms with E-state index >= 15 is 0 Å². The Kier molecular flexibility index (Phi) is 5.47. The molecule has 2 aromatic rings. The van der Waals surface area contributed by atoms with Crippen LogP contribution in [0.2, 0.25) is 0 Å². The van der Waals surface area contributed by atoms with E-state index in [4.69, 9.17) is 19.9 Å². The summed E-state index contributed by atoms with van der Waals surface area (Å²) in [5, 5.41) is 16.7. The van der Waals surface area contributed by atoms with Gasteiger partial charge in [0.1, 0.15) is 17.7 Å². The summed E-state index contributed by atoms with van der Waals surface area (Å²) in [6.45, 7) is 4.67. The molecular weight excluding hydrogens is 358 g/mol. The maximum absolute atomic E-state index is 9.67. The van der Waals surface area contributed by atoms with E-state index in [0.29, 0.717) is 23.0 Å². The van der Waals surface area contributed by atoms with Crippen LogP contribution in [0.25, 0.3) is 0 Å². The first-order chi connectivity index (χ1) is 13.3. The zero-order valence-corrected chi connectivity index (χ0v) is 16.7. The summed E-state index contributed by atoms with van der Waals surface area (Å²) in [4.78, 5) is 2.06. The van der Waals surface area contributed by atoms with E-state index in [1.54, 1.807) is 7.11 Å². The Morgan fingerprint density at radius 3 is 2.79 bits per heavy atom. The minimum absolute atomic E-state index is 0.00855. The van der Waals surface area contributed by atoms with Crippen molar-refractivity contribution in [3.8, 4) is 23.4 Å². The number of rotatable bonds is 6. The maximum Gasteiger partial charge on any atom is 0.244 e. The normalized spacial score (nSPS) is 17.0. The third-order valence-corrected chi connectivity index (χ3v) is 4.60. The van der Waals surface area contributed by atoms with Gasteiger partial charge in [-0.15, -0.1) is 5.10 Å². The number of nitrogens with one attached hydrogen (secondary N) is 1. The molecule has 148 valence electrons. The van der Waals surface area contributed by atoms with E-state index < -0.39 is 5.92 Å². The average molecular weight is 383 g/mol. The van der Waals surface area contributed by atoms with E-state index in [-0.39, 0.29) is 12.0 Å². The van der Waals surface area contributed by atoms with Gasteiger partial charge >= 0.3 is 0 Å². The molecule has 0 bridgehead atoms. The van der Waals surface area contributed by atoms with Gasteiger partial charge in [0.15, 0.2) is 11.5 Å². The maximum atomic E-state index is 9.67. The van der Waals surface area contributed by atoms with Crippen LogP contribution in [0.1, 0.15) is 29.7 Å². The molecule has 3 N–H and O–H groups in total. The van der Waals surface area contributed by atoms with E-state index in [2.05, 4.69) is 21.2 Å². The number of hydrogen-bond acceptors (Lipinski definition) is 7. The molecule has 3 rings (SSSR count). The van der Waals surface area contributed by atoms with Gasteiger partial charge in [0.05, 0.1) is 13.0 Å². The fraction of sp³-hybridized carbons (Fsp3) is 0.400. The van der Waals surface area contributed by atoms with Crippen LogP contribution in [0, 0.1) is 18.3 Å². The molecule has 28 heavy (non-hydrogen) atoms. The predicted molar refractivity (Wildman–Crippen MR) is 104 cm³/mol. The van der Waals surface area contributed by atoms with Crippen molar-refractivity contribution in [2.24, 2.45) is 5.73 Å². The Bertz CT molecular complexity index is 942. The fourth-order valence-corrected chi connectivity index (χ4v) is 3.46. The number of nitrogens with zero attached hydrogens (tertiary/aromatic N) is 3. The Balaban J connectivity index is 2.02. The van der Waals surface area contributed by atoms with Crippen LogP contribution in [0.5, 0.6) is 17.4 Å². The van der Waals surface area contributed by atoms with Gasteiger partial charge < -0.3 is 24.8 Å². The van der Waals surface area contributed by atoms with Gasteiger partial charge in [0.25, 0.3) is 0 Å². The summed E-state index contributed by atoms with van der Waals surface area (Å²) < 4.78 is 17.1. The topological polar surface area (TPSA) is 109 Å². The number of nitrogens with two attached hydrogens (primary N) is 1. The summed E-state index contributed by atoms with van der Waals surface area (Å²) in [7, 11) is 5.59. The lowest BCUT2D eigenvalue weighted by molar-refractivity contribution is 0.171. The summed E-state index contributed by atoms with van der Waals surface area (Å²) in [5.74, 6) is 1.29. The molecule has 1 aliphatic rings. The molecule has 0 saturated carbocycles. The van der Waals surface area contributed by atoms with Crippen LogP contribution >= 0.6 is 0 Å². The number of aromatic amines is 1. The highest BCUT2D eigenvalue weighted by atomic mass is 16.5. The van der Waals surface area contributed by atoms with E-state index in [1.807, 2.05) is 46.1 Å². The number of aromatic nitrogens is 2. The summed E-state index contributed by atoms with van der Waals surface area (Å²) in [6.07, 6.45) is -0.00855. The van der Waals surface area contributed by atoms with Gasteiger partial charge in [0, 0.05) is 17.8 Å². The first kappa shape index (κ1) is 19.6. The smallest absolute Gasteiger partial charge is 0.244 e. The molecule has 2 unspecified atom stereocenters. The molecule has 0 saturated heterocycles. The second kappa shape index (κ2) is 7.82. The molecule has 2 atom stereocenters. The average Bonchev–Trinajstić information content (AvgIpc) is 3.00. The van der Waals surface area contributed by atoms with Crippen molar-refractivity contribution in [1.82, 2.24) is 15.1 Å². The molecule has 2 heterocycles. The summed E-state index contributed by atoms with van der Waals surface area (Å²) in [6, 6.07) is 7.82. The molecule has 0 spiro atoms. The molecule has 1 aromatic heterocycles. The van der Waals surface area contributed by atoms with Gasteiger partial charge in [0.2, 0.25) is 11.8 Å². The number of H-pyrrole nitrogens is 1. The Morgan fingerprint density at radius 1 is 1.39 bits per heavy atom. The standard InChI is InChI=1S/C20H25N5O3/c1-11(10-25(3)4)27-15-7-6-13(8-16(15)26-5)18-14(9-21)19(22)28-20-17(18)12(2)23-24-20/h6-8,11,18H,10,22H2,1-5H3,(H,23,24). The molecule has 0 aliphatic carbocycles. The quantitative estimate of drug-likeness (QED) is 0.787. The van der Waals surface area contributed by atoms with Crippen molar-refractivity contribution < 1.29 is 14.2 Å². The van der Waals surface area contributed by atoms with Crippen LogP contribution in [-0.4, -0.2) is 49.0 Å². The first-order valence-electron chi connectivity index (χ1n) is 8.97.